The lowest BCUT2D eigenvalue weighted by Gasteiger charge is -2.17. The van der Waals surface area contributed by atoms with Crippen LogP contribution < -0.4 is 10.2 Å². The summed E-state index contributed by atoms with van der Waals surface area (Å²) in [6, 6.07) is 1.83. The van der Waals surface area contributed by atoms with E-state index < -0.39 is 0 Å². The predicted octanol–water partition coefficient (Wildman–Crippen LogP) is 1.60. The van der Waals surface area contributed by atoms with Gasteiger partial charge in [-0.05, 0) is 18.8 Å². The second kappa shape index (κ2) is 5.64. The normalized spacial score (nSPS) is 24.0. The van der Waals surface area contributed by atoms with Crippen LogP contribution >= 0.6 is 0 Å². The summed E-state index contributed by atoms with van der Waals surface area (Å²) in [7, 11) is 0. The Bertz CT molecular complexity index is 698. The highest BCUT2D eigenvalue weighted by Crippen LogP contribution is 2.40. The summed E-state index contributed by atoms with van der Waals surface area (Å²) in [4.78, 5) is 22.9. The Kier molecular flexibility index (Phi) is 3.48. The number of carbonyl (C=O) groups is 1. The van der Waals surface area contributed by atoms with Gasteiger partial charge in [0.2, 0.25) is 0 Å². The summed E-state index contributed by atoms with van der Waals surface area (Å²) in [6.45, 7) is 3.69. The summed E-state index contributed by atoms with van der Waals surface area (Å²) < 4.78 is 5.25. The monoisotopic (exact) mass is 313 g/mol. The second-order valence-corrected chi connectivity index (χ2v) is 6.41. The van der Waals surface area contributed by atoms with Crippen molar-refractivity contribution in [2.45, 2.75) is 31.7 Å². The molecule has 120 valence electrons. The average Bonchev–Trinajstić information content (AvgIpc) is 3.18. The van der Waals surface area contributed by atoms with Crippen LogP contribution in [0, 0.1) is 5.92 Å². The molecule has 2 aromatic rings. The van der Waals surface area contributed by atoms with Gasteiger partial charge in [0.1, 0.15) is 11.6 Å². The predicted molar refractivity (Wildman–Crippen MR) is 83.1 cm³/mol. The largest absolute Gasteiger partial charge is 0.360 e. The lowest BCUT2D eigenvalue weighted by molar-refractivity contribution is 0.0924. The van der Waals surface area contributed by atoms with E-state index in [1.54, 1.807) is 24.7 Å². The summed E-state index contributed by atoms with van der Waals surface area (Å²) in [5, 5.41) is 6.96. The van der Waals surface area contributed by atoms with Gasteiger partial charge < -0.3 is 14.7 Å². The maximum atomic E-state index is 12.4. The van der Waals surface area contributed by atoms with Crippen LogP contribution in [0.5, 0.6) is 0 Å². The molecule has 2 atom stereocenters. The Morgan fingerprint density at radius 1 is 1.35 bits per heavy atom. The fourth-order valence-electron chi connectivity index (χ4n) is 3.00. The summed E-state index contributed by atoms with van der Waals surface area (Å²) >= 11 is 0. The molecule has 2 aromatic heterocycles. The van der Waals surface area contributed by atoms with Crippen molar-refractivity contribution >= 4 is 11.7 Å². The van der Waals surface area contributed by atoms with E-state index in [-0.39, 0.29) is 11.9 Å². The third-order valence-electron chi connectivity index (χ3n) is 4.54. The van der Waals surface area contributed by atoms with Crippen molar-refractivity contribution < 1.29 is 9.32 Å². The maximum absolute atomic E-state index is 12.4. The topological polar surface area (TPSA) is 84.2 Å². The maximum Gasteiger partial charge on any atom is 0.273 e. The van der Waals surface area contributed by atoms with Crippen molar-refractivity contribution in [2.75, 3.05) is 18.0 Å². The molecule has 23 heavy (non-hydrogen) atoms. The number of rotatable bonds is 4. The van der Waals surface area contributed by atoms with E-state index in [1.807, 2.05) is 0 Å². The quantitative estimate of drug-likeness (QED) is 0.923. The van der Waals surface area contributed by atoms with Gasteiger partial charge in [0.05, 0.1) is 12.2 Å². The van der Waals surface area contributed by atoms with Crippen molar-refractivity contribution in [3.63, 3.8) is 0 Å². The molecule has 1 aliphatic carbocycles. The van der Waals surface area contributed by atoms with Crippen LogP contribution in [-0.4, -0.2) is 40.2 Å². The zero-order chi connectivity index (χ0) is 15.8. The molecule has 2 aliphatic rings. The molecule has 1 saturated heterocycles. The molecule has 0 aromatic carbocycles. The van der Waals surface area contributed by atoms with Gasteiger partial charge >= 0.3 is 0 Å². The molecule has 0 radical (unpaired) electrons. The third-order valence-corrected chi connectivity index (χ3v) is 4.54. The minimum atomic E-state index is -0.168. The molecule has 0 bridgehead atoms. The first-order chi connectivity index (χ1) is 11.2. The second-order valence-electron chi connectivity index (χ2n) is 6.41. The Balaban J connectivity index is 1.40. The highest BCUT2D eigenvalue weighted by Gasteiger charge is 2.33. The molecular weight excluding hydrogens is 294 g/mol. The molecule has 2 fully saturated rings. The van der Waals surface area contributed by atoms with Crippen molar-refractivity contribution in [1.82, 2.24) is 20.4 Å². The van der Waals surface area contributed by atoms with Crippen molar-refractivity contribution in [3.8, 4) is 0 Å². The summed E-state index contributed by atoms with van der Waals surface area (Å²) in [6.07, 6.45) is 7.34. The summed E-state index contributed by atoms with van der Waals surface area (Å²) in [5.74, 6) is 2.29. The highest BCUT2D eigenvalue weighted by molar-refractivity contribution is 5.92. The Labute approximate surface area is 134 Å². The first kappa shape index (κ1) is 14.2. The number of anilines is 1. The highest BCUT2D eigenvalue weighted by atomic mass is 16.5. The molecule has 1 saturated carbocycles. The molecule has 0 unspecified atom stereocenters. The minimum Gasteiger partial charge on any atom is -0.360 e. The first-order valence-electron chi connectivity index (χ1n) is 7.99. The van der Waals surface area contributed by atoms with Crippen LogP contribution in [0.15, 0.2) is 29.2 Å². The van der Waals surface area contributed by atoms with Crippen LogP contribution in [0.2, 0.25) is 0 Å². The van der Waals surface area contributed by atoms with E-state index in [1.165, 1.54) is 0 Å². The standard InChI is InChI=1S/C16H19N5O2/c1-10-8-21(15-7-17-4-5-18-15)9-13(10)19-16(22)12-6-14(23-20-12)11-2-3-11/h4-7,10-11,13H,2-3,8-9H2,1H3,(H,19,22)/t10-,13+/m0/s1. The van der Waals surface area contributed by atoms with E-state index in [0.717, 1.165) is 37.5 Å². The Morgan fingerprint density at radius 2 is 2.22 bits per heavy atom. The lowest BCUT2D eigenvalue weighted by Crippen LogP contribution is -2.40. The van der Waals surface area contributed by atoms with E-state index >= 15 is 0 Å². The smallest absolute Gasteiger partial charge is 0.273 e. The molecule has 3 heterocycles. The van der Waals surface area contributed by atoms with Crippen LogP contribution in [0.1, 0.15) is 41.9 Å². The van der Waals surface area contributed by atoms with Gasteiger partial charge in [-0.15, -0.1) is 0 Å². The van der Waals surface area contributed by atoms with Crippen LogP contribution in [-0.2, 0) is 0 Å². The fourth-order valence-corrected chi connectivity index (χ4v) is 3.00. The number of nitrogens with zero attached hydrogens (tertiary/aromatic N) is 4. The van der Waals surface area contributed by atoms with Gasteiger partial charge in [-0.2, -0.15) is 0 Å². The van der Waals surface area contributed by atoms with E-state index in [2.05, 4.69) is 32.3 Å². The zero-order valence-electron chi connectivity index (χ0n) is 13.0. The molecule has 7 nitrogen and oxygen atoms in total. The average molecular weight is 313 g/mol. The number of hydrogen-bond donors (Lipinski definition) is 1. The van der Waals surface area contributed by atoms with Gasteiger partial charge in [-0.3, -0.25) is 9.78 Å². The van der Waals surface area contributed by atoms with Gasteiger partial charge in [-0.1, -0.05) is 12.1 Å². The molecule has 1 amide bonds. The molecule has 1 aliphatic heterocycles. The van der Waals surface area contributed by atoms with Gasteiger partial charge in [0, 0.05) is 37.5 Å². The molecule has 7 heteroatoms. The zero-order valence-corrected chi connectivity index (χ0v) is 13.0. The molecule has 0 spiro atoms. The van der Waals surface area contributed by atoms with Crippen molar-refractivity contribution in [2.24, 2.45) is 5.92 Å². The molecule has 1 N–H and O–H groups in total. The van der Waals surface area contributed by atoms with E-state index in [4.69, 9.17) is 4.52 Å². The SMILES string of the molecule is C[C@H]1CN(c2cnccn2)C[C@H]1NC(=O)c1cc(C2CC2)on1. The molecule has 4 rings (SSSR count). The minimum absolute atomic E-state index is 0.0607. The van der Waals surface area contributed by atoms with Gasteiger partial charge in [0.15, 0.2) is 5.69 Å². The number of nitrogens with one attached hydrogen (secondary N) is 1. The van der Waals surface area contributed by atoms with Crippen LogP contribution in [0.25, 0.3) is 0 Å². The van der Waals surface area contributed by atoms with E-state index in [9.17, 15) is 4.79 Å². The Hall–Kier alpha value is -2.44. The van der Waals surface area contributed by atoms with Gasteiger partial charge in [0.25, 0.3) is 5.91 Å². The fraction of sp³-hybridized carbons (Fsp3) is 0.500. The van der Waals surface area contributed by atoms with Crippen LogP contribution in [0.4, 0.5) is 5.82 Å². The molecular formula is C16H19N5O2. The third kappa shape index (κ3) is 2.91. The lowest BCUT2D eigenvalue weighted by atomic mass is 10.1. The van der Waals surface area contributed by atoms with E-state index in [0.29, 0.717) is 17.5 Å². The number of aromatic nitrogens is 3. The van der Waals surface area contributed by atoms with Gasteiger partial charge in [-0.25, -0.2) is 4.98 Å². The number of carbonyl (C=O) groups excluding carboxylic acids is 1. The summed E-state index contributed by atoms with van der Waals surface area (Å²) in [5.41, 5.74) is 0.372. The van der Waals surface area contributed by atoms with Crippen molar-refractivity contribution in [1.29, 1.82) is 0 Å². The number of amides is 1. The van der Waals surface area contributed by atoms with Crippen LogP contribution in [0.3, 0.4) is 0 Å². The van der Waals surface area contributed by atoms with Crippen molar-refractivity contribution in [3.05, 3.63) is 36.1 Å². The first-order valence-corrected chi connectivity index (χ1v) is 7.99. The number of hydrogen-bond acceptors (Lipinski definition) is 6. The Morgan fingerprint density at radius 3 is 2.96 bits per heavy atom.